The quantitative estimate of drug-likeness (QED) is 0.795. The third kappa shape index (κ3) is 3.32. The standard InChI is InChI=1S/C23H32N4O/c1-4-7-11-27-15-17(25-23(28)26(5-2)6-3)13-19-18-9-8-10-20-22(18)16(14-24-20)12-21(19)27/h8-10,13-14,17,21,24H,4-7,11-12,15H2,1-3H3,(H,25,28)/t17?,21-/m1/s1. The lowest BCUT2D eigenvalue weighted by Gasteiger charge is -2.42. The average Bonchev–Trinajstić information content (AvgIpc) is 3.12. The SMILES string of the molecule is CCCCN1CC(NC(=O)N(CC)CC)C=C2c3cccc4[nH]cc(c34)C[C@H]21. The first kappa shape index (κ1) is 19.1. The predicted octanol–water partition coefficient (Wildman–Crippen LogP) is 4.01. The molecule has 4 rings (SSSR count). The van der Waals surface area contributed by atoms with Gasteiger partial charge in [0.15, 0.2) is 0 Å². The van der Waals surface area contributed by atoms with Crippen LogP contribution in [0.25, 0.3) is 16.5 Å². The first-order valence-corrected chi connectivity index (χ1v) is 10.8. The average molecular weight is 381 g/mol. The fourth-order valence-corrected chi connectivity index (χ4v) is 4.79. The van der Waals surface area contributed by atoms with Crippen molar-refractivity contribution < 1.29 is 4.79 Å². The normalized spacial score (nSPS) is 21.3. The van der Waals surface area contributed by atoms with E-state index in [1.54, 1.807) is 0 Å². The number of fused-ring (bicyclic) bond motifs is 2. The van der Waals surface area contributed by atoms with Crippen LogP contribution in [0.15, 0.2) is 30.5 Å². The van der Waals surface area contributed by atoms with Crippen LogP contribution in [0.5, 0.6) is 0 Å². The predicted molar refractivity (Wildman–Crippen MR) is 115 cm³/mol. The molecule has 2 amide bonds. The van der Waals surface area contributed by atoms with Gasteiger partial charge in [0.2, 0.25) is 0 Å². The van der Waals surface area contributed by atoms with Crippen LogP contribution < -0.4 is 5.32 Å². The van der Waals surface area contributed by atoms with Crippen LogP contribution in [0.1, 0.15) is 44.7 Å². The van der Waals surface area contributed by atoms with Crippen LogP contribution >= 0.6 is 0 Å². The highest BCUT2D eigenvalue weighted by Crippen LogP contribution is 2.40. The van der Waals surface area contributed by atoms with E-state index in [9.17, 15) is 4.79 Å². The van der Waals surface area contributed by atoms with Crippen molar-refractivity contribution in [2.24, 2.45) is 0 Å². The molecule has 150 valence electrons. The van der Waals surface area contributed by atoms with Gasteiger partial charge in [0, 0.05) is 42.8 Å². The maximum atomic E-state index is 12.7. The Kier molecular flexibility index (Phi) is 5.44. The Morgan fingerprint density at radius 1 is 1.29 bits per heavy atom. The summed E-state index contributed by atoms with van der Waals surface area (Å²) in [4.78, 5) is 20.5. The molecule has 0 fully saturated rings. The van der Waals surface area contributed by atoms with E-state index in [2.05, 4.69) is 52.6 Å². The number of hydrogen-bond acceptors (Lipinski definition) is 2. The van der Waals surface area contributed by atoms with Gasteiger partial charge in [-0.05, 0) is 56.0 Å². The van der Waals surface area contributed by atoms with E-state index >= 15 is 0 Å². The van der Waals surface area contributed by atoms with Crippen molar-refractivity contribution in [2.45, 2.75) is 52.1 Å². The molecule has 1 aliphatic carbocycles. The summed E-state index contributed by atoms with van der Waals surface area (Å²) in [5.41, 5.74) is 5.33. The van der Waals surface area contributed by atoms with Gasteiger partial charge in [-0.15, -0.1) is 0 Å². The highest BCUT2D eigenvalue weighted by Gasteiger charge is 2.35. The Labute approximate surface area is 167 Å². The number of carbonyl (C=O) groups is 1. The van der Waals surface area contributed by atoms with Crippen LogP contribution in [0.3, 0.4) is 0 Å². The largest absolute Gasteiger partial charge is 0.361 e. The molecule has 1 aromatic carbocycles. The Morgan fingerprint density at radius 3 is 2.86 bits per heavy atom. The lowest BCUT2D eigenvalue weighted by atomic mass is 9.81. The van der Waals surface area contributed by atoms with E-state index < -0.39 is 0 Å². The molecule has 0 radical (unpaired) electrons. The minimum absolute atomic E-state index is 0.0390. The zero-order chi connectivity index (χ0) is 19.7. The Hall–Kier alpha value is -2.27. The molecule has 28 heavy (non-hydrogen) atoms. The van der Waals surface area contributed by atoms with Crippen LogP contribution in [-0.4, -0.2) is 59.1 Å². The number of hydrogen-bond donors (Lipinski definition) is 2. The van der Waals surface area contributed by atoms with Gasteiger partial charge in [0.1, 0.15) is 0 Å². The van der Waals surface area contributed by atoms with E-state index in [0.717, 1.165) is 32.6 Å². The number of H-pyrrole nitrogens is 1. The molecule has 2 heterocycles. The topological polar surface area (TPSA) is 51.4 Å². The number of rotatable bonds is 6. The van der Waals surface area contributed by atoms with Gasteiger partial charge >= 0.3 is 6.03 Å². The van der Waals surface area contributed by atoms with E-state index in [1.807, 2.05) is 18.7 Å². The zero-order valence-electron chi connectivity index (χ0n) is 17.3. The Balaban J connectivity index is 1.69. The van der Waals surface area contributed by atoms with Gasteiger partial charge in [-0.2, -0.15) is 0 Å². The van der Waals surface area contributed by atoms with Crippen LogP contribution in [-0.2, 0) is 6.42 Å². The lowest BCUT2D eigenvalue weighted by molar-refractivity contribution is 0.182. The van der Waals surface area contributed by atoms with Crippen molar-refractivity contribution in [2.75, 3.05) is 26.2 Å². The first-order chi connectivity index (χ1) is 13.7. The van der Waals surface area contributed by atoms with Crippen LogP contribution in [0.4, 0.5) is 4.79 Å². The summed E-state index contributed by atoms with van der Waals surface area (Å²) in [5, 5.41) is 4.63. The number of unbranched alkanes of at least 4 members (excludes halogenated alkanes) is 1. The summed E-state index contributed by atoms with van der Waals surface area (Å²) in [6, 6.07) is 7.02. The molecule has 1 aromatic heterocycles. The van der Waals surface area contributed by atoms with E-state index in [0.29, 0.717) is 6.04 Å². The second-order valence-corrected chi connectivity index (χ2v) is 7.96. The molecule has 2 aliphatic rings. The van der Waals surface area contributed by atoms with Crippen molar-refractivity contribution in [3.05, 3.63) is 41.6 Å². The van der Waals surface area contributed by atoms with Gasteiger partial charge in [0.05, 0.1) is 6.04 Å². The lowest BCUT2D eigenvalue weighted by Crippen LogP contribution is -2.54. The van der Waals surface area contributed by atoms with Gasteiger partial charge < -0.3 is 15.2 Å². The summed E-state index contributed by atoms with van der Waals surface area (Å²) < 4.78 is 0. The fraction of sp³-hybridized carbons (Fsp3) is 0.522. The zero-order valence-corrected chi connectivity index (χ0v) is 17.3. The smallest absolute Gasteiger partial charge is 0.317 e. The fourth-order valence-electron chi connectivity index (χ4n) is 4.79. The van der Waals surface area contributed by atoms with Crippen molar-refractivity contribution >= 4 is 22.5 Å². The summed E-state index contributed by atoms with van der Waals surface area (Å²) in [5.74, 6) is 0. The Bertz CT molecular complexity index is 880. The number of nitrogens with one attached hydrogen (secondary N) is 2. The van der Waals surface area contributed by atoms with Crippen LogP contribution in [0, 0.1) is 0 Å². The molecule has 2 aromatic rings. The molecule has 0 bridgehead atoms. The highest BCUT2D eigenvalue weighted by molar-refractivity contribution is 5.98. The molecule has 1 unspecified atom stereocenters. The van der Waals surface area contributed by atoms with Crippen molar-refractivity contribution in [3.63, 3.8) is 0 Å². The summed E-state index contributed by atoms with van der Waals surface area (Å²) >= 11 is 0. The molecule has 2 N–H and O–H groups in total. The maximum Gasteiger partial charge on any atom is 0.317 e. The first-order valence-electron chi connectivity index (χ1n) is 10.8. The number of carbonyl (C=O) groups excluding carboxylic acids is 1. The molecule has 5 nitrogen and oxygen atoms in total. The van der Waals surface area contributed by atoms with E-state index in [-0.39, 0.29) is 12.1 Å². The highest BCUT2D eigenvalue weighted by atomic mass is 16.2. The second kappa shape index (κ2) is 8.00. The molecule has 5 heteroatoms. The summed E-state index contributed by atoms with van der Waals surface area (Å²) in [6.45, 7) is 9.73. The third-order valence-corrected chi connectivity index (χ3v) is 6.28. The Morgan fingerprint density at radius 2 is 2.11 bits per heavy atom. The third-order valence-electron chi connectivity index (χ3n) is 6.28. The summed E-state index contributed by atoms with van der Waals surface area (Å²) in [6.07, 6.45) is 7.91. The van der Waals surface area contributed by atoms with Crippen molar-refractivity contribution in [1.29, 1.82) is 0 Å². The van der Waals surface area contributed by atoms with Gasteiger partial charge in [0.25, 0.3) is 0 Å². The van der Waals surface area contributed by atoms with Gasteiger partial charge in [-0.1, -0.05) is 31.6 Å². The molecular formula is C23H32N4O. The molecule has 1 aliphatic heterocycles. The number of nitrogens with zero attached hydrogens (tertiary/aromatic N) is 2. The molecule has 2 atom stereocenters. The van der Waals surface area contributed by atoms with Crippen molar-refractivity contribution in [1.82, 2.24) is 20.1 Å². The monoisotopic (exact) mass is 380 g/mol. The maximum absolute atomic E-state index is 12.7. The van der Waals surface area contributed by atoms with Gasteiger partial charge in [-0.25, -0.2) is 4.79 Å². The van der Waals surface area contributed by atoms with Crippen LogP contribution in [0.2, 0.25) is 0 Å². The van der Waals surface area contributed by atoms with Crippen molar-refractivity contribution in [3.8, 4) is 0 Å². The van der Waals surface area contributed by atoms with Gasteiger partial charge in [-0.3, -0.25) is 4.90 Å². The minimum Gasteiger partial charge on any atom is -0.361 e. The number of benzene rings is 1. The molecule has 0 saturated heterocycles. The number of urea groups is 1. The number of aromatic amines is 1. The molecule has 0 spiro atoms. The van der Waals surface area contributed by atoms with E-state index in [1.165, 1.54) is 40.4 Å². The van der Waals surface area contributed by atoms with E-state index in [4.69, 9.17) is 0 Å². The molecular weight excluding hydrogens is 348 g/mol. The minimum atomic E-state index is 0.0390. The second-order valence-electron chi connectivity index (χ2n) is 7.96. The number of aromatic nitrogens is 1. The molecule has 0 saturated carbocycles. The number of amides is 2. The summed E-state index contributed by atoms with van der Waals surface area (Å²) in [7, 11) is 0.